The van der Waals surface area contributed by atoms with Crippen LogP contribution in [0.5, 0.6) is 0 Å². The Labute approximate surface area is 129 Å². The molecule has 0 saturated heterocycles. The maximum Gasteiger partial charge on any atom is 0.253 e. The lowest BCUT2D eigenvalue weighted by Crippen LogP contribution is -2.46. The maximum atomic E-state index is 12.3. The number of halogens is 1. The van der Waals surface area contributed by atoms with E-state index in [-0.39, 0.29) is 17.4 Å². The van der Waals surface area contributed by atoms with Gasteiger partial charge in [-0.3, -0.25) is 4.79 Å². The average Bonchev–Trinajstić information content (AvgIpc) is 2.90. The monoisotopic (exact) mass is 306 g/mol. The number of nitrogens with zero attached hydrogens (tertiary/aromatic N) is 3. The molecule has 2 rings (SSSR count). The minimum atomic E-state index is -0.154. The smallest absolute Gasteiger partial charge is 0.253 e. The number of carbonyl (C=O) groups excluding carboxylic acids is 1. The van der Waals surface area contributed by atoms with Gasteiger partial charge in [-0.25, -0.2) is 9.97 Å². The number of rotatable bonds is 4. The molecule has 21 heavy (non-hydrogen) atoms. The third kappa shape index (κ3) is 4.29. The van der Waals surface area contributed by atoms with Crippen molar-refractivity contribution < 1.29 is 4.79 Å². The molecule has 0 aromatic carbocycles. The van der Waals surface area contributed by atoms with Crippen molar-refractivity contribution in [2.45, 2.75) is 33.4 Å². The molecule has 0 fully saturated rings. The van der Waals surface area contributed by atoms with E-state index >= 15 is 0 Å². The molecular formula is C15H19ClN4O. The summed E-state index contributed by atoms with van der Waals surface area (Å²) in [6.45, 7) is 6.94. The normalized spacial score (nSPS) is 13.0. The van der Waals surface area contributed by atoms with E-state index < -0.39 is 0 Å². The molecule has 1 N–H and O–H groups in total. The standard InChI is InChI=1S/C15H19ClN4O/c1-15(2,3)12(9-20-7-6-17-10-20)19-14(21)11-4-5-13(16)18-8-11/h4-8,10,12H,9H2,1-3H3,(H,19,21). The molecule has 0 bridgehead atoms. The number of amides is 1. The Balaban J connectivity index is 2.11. The Morgan fingerprint density at radius 1 is 1.43 bits per heavy atom. The fourth-order valence-electron chi connectivity index (χ4n) is 1.89. The third-order valence-corrected chi connectivity index (χ3v) is 3.52. The van der Waals surface area contributed by atoms with Crippen molar-refractivity contribution in [1.82, 2.24) is 19.9 Å². The first kappa shape index (κ1) is 15.5. The fraction of sp³-hybridized carbons (Fsp3) is 0.400. The van der Waals surface area contributed by atoms with Gasteiger partial charge in [0.05, 0.1) is 17.9 Å². The van der Waals surface area contributed by atoms with Gasteiger partial charge in [-0.15, -0.1) is 0 Å². The molecule has 2 aromatic heterocycles. The summed E-state index contributed by atoms with van der Waals surface area (Å²) in [6.07, 6.45) is 6.84. The average molecular weight is 307 g/mol. The van der Waals surface area contributed by atoms with Crippen LogP contribution in [0.2, 0.25) is 5.15 Å². The Morgan fingerprint density at radius 2 is 2.19 bits per heavy atom. The molecule has 0 spiro atoms. The van der Waals surface area contributed by atoms with Crippen LogP contribution in [0.3, 0.4) is 0 Å². The highest BCUT2D eigenvalue weighted by Crippen LogP contribution is 2.21. The van der Waals surface area contributed by atoms with Crippen LogP contribution in [0, 0.1) is 5.41 Å². The first-order valence-electron chi connectivity index (χ1n) is 6.74. The Hall–Kier alpha value is -1.88. The van der Waals surface area contributed by atoms with Gasteiger partial charge in [-0.1, -0.05) is 32.4 Å². The molecule has 1 unspecified atom stereocenters. The van der Waals surface area contributed by atoms with E-state index in [2.05, 4.69) is 36.1 Å². The Kier molecular flexibility index (Phi) is 4.63. The van der Waals surface area contributed by atoms with Gasteiger partial charge in [0.15, 0.2) is 0 Å². The van der Waals surface area contributed by atoms with Crippen molar-refractivity contribution in [3.05, 3.63) is 47.8 Å². The highest BCUT2D eigenvalue weighted by molar-refractivity contribution is 6.29. The predicted molar refractivity (Wildman–Crippen MR) is 82.2 cm³/mol. The van der Waals surface area contributed by atoms with Crippen LogP contribution in [0.25, 0.3) is 0 Å². The highest BCUT2D eigenvalue weighted by atomic mass is 35.5. The van der Waals surface area contributed by atoms with Gasteiger partial charge in [-0.2, -0.15) is 0 Å². The zero-order chi connectivity index (χ0) is 15.5. The largest absolute Gasteiger partial charge is 0.347 e. The number of pyridine rings is 1. The van der Waals surface area contributed by atoms with Crippen molar-refractivity contribution >= 4 is 17.5 Å². The second-order valence-electron chi connectivity index (χ2n) is 6.02. The third-order valence-electron chi connectivity index (χ3n) is 3.29. The molecule has 6 heteroatoms. The minimum Gasteiger partial charge on any atom is -0.347 e. The van der Waals surface area contributed by atoms with E-state index in [0.29, 0.717) is 17.3 Å². The summed E-state index contributed by atoms with van der Waals surface area (Å²) in [4.78, 5) is 20.3. The van der Waals surface area contributed by atoms with E-state index in [9.17, 15) is 4.79 Å². The van der Waals surface area contributed by atoms with Crippen LogP contribution in [-0.4, -0.2) is 26.5 Å². The quantitative estimate of drug-likeness (QED) is 0.884. The van der Waals surface area contributed by atoms with Crippen LogP contribution in [0.15, 0.2) is 37.1 Å². The van der Waals surface area contributed by atoms with Gasteiger partial charge in [0.2, 0.25) is 0 Å². The van der Waals surface area contributed by atoms with Gasteiger partial charge < -0.3 is 9.88 Å². The molecule has 0 saturated carbocycles. The van der Waals surface area contributed by atoms with Crippen molar-refractivity contribution in [2.75, 3.05) is 0 Å². The van der Waals surface area contributed by atoms with Crippen molar-refractivity contribution in [3.63, 3.8) is 0 Å². The topological polar surface area (TPSA) is 59.8 Å². The summed E-state index contributed by atoms with van der Waals surface area (Å²) >= 11 is 5.74. The SMILES string of the molecule is CC(C)(C)C(Cn1ccnc1)NC(=O)c1ccc(Cl)nc1. The molecule has 1 atom stereocenters. The first-order valence-corrected chi connectivity index (χ1v) is 7.12. The molecule has 5 nitrogen and oxygen atoms in total. The van der Waals surface area contributed by atoms with E-state index in [0.717, 1.165) is 0 Å². The fourth-order valence-corrected chi connectivity index (χ4v) is 2.01. The molecule has 2 aromatic rings. The van der Waals surface area contributed by atoms with Crippen LogP contribution in [-0.2, 0) is 6.54 Å². The number of carbonyl (C=O) groups is 1. The molecule has 0 aliphatic heterocycles. The van der Waals surface area contributed by atoms with Crippen molar-refractivity contribution in [3.8, 4) is 0 Å². The molecule has 112 valence electrons. The lowest BCUT2D eigenvalue weighted by atomic mass is 9.86. The molecule has 0 aliphatic carbocycles. The summed E-state index contributed by atoms with van der Waals surface area (Å²) in [6, 6.07) is 3.25. The molecule has 1 amide bonds. The number of aromatic nitrogens is 3. The van der Waals surface area contributed by atoms with E-state index in [1.807, 2.05) is 10.8 Å². The van der Waals surface area contributed by atoms with Crippen LogP contribution >= 0.6 is 11.6 Å². The van der Waals surface area contributed by atoms with Gasteiger partial charge in [0, 0.05) is 25.1 Å². The number of imidazole rings is 1. The van der Waals surface area contributed by atoms with Crippen molar-refractivity contribution in [1.29, 1.82) is 0 Å². The van der Waals surface area contributed by atoms with E-state index in [1.165, 1.54) is 6.20 Å². The first-order chi connectivity index (χ1) is 9.86. The van der Waals surface area contributed by atoms with Gasteiger partial charge in [0.25, 0.3) is 5.91 Å². The second-order valence-corrected chi connectivity index (χ2v) is 6.41. The lowest BCUT2D eigenvalue weighted by molar-refractivity contribution is 0.0892. The summed E-state index contributed by atoms with van der Waals surface area (Å²) in [5, 5.41) is 3.43. The van der Waals surface area contributed by atoms with Crippen molar-refractivity contribution in [2.24, 2.45) is 5.41 Å². The Morgan fingerprint density at radius 3 is 2.71 bits per heavy atom. The Bertz CT molecular complexity index is 587. The van der Waals surface area contributed by atoms with Crippen LogP contribution < -0.4 is 5.32 Å². The van der Waals surface area contributed by atoms with Gasteiger partial charge in [0.1, 0.15) is 5.15 Å². The maximum absolute atomic E-state index is 12.3. The van der Waals surface area contributed by atoms with Gasteiger partial charge >= 0.3 is 0 Å². The second kappa shape index (κ2) is 6.26. The zero-order valence-electron chi connectivity index (χ0n) is 12.4. The molecule has 0 aliphatic rings. The molecule has 2 heterocycles. The van der Waals surface area contributed by atoms with E-state index in [4.69, 9.17) is 11.6 Å². The summed E-state index contributed by atoms with van der Waals surface area (Å²) in [5.74, 6) is -0.154. The number of hydrogen-bond acceptors (Lipinski definition) is 3. The minimum absolute atomic E-state index is 0.0325. The number of hydrogen-bond donors (Lipinski definition) is 1. The van der Waals surface area contributed by atoms with Crippen LogP contribution in [0.4, 0.5) is 0 Å². The summed E-state index contributed by atoms with van der Waals surface area (Å²) < 4.78 is 1.95. The van der Waals surface area contributed by atoms with Gasteiger partial charge in [-0.05, 0) is 17.5 Å². The summed E-state index contributed by atoms with van der Waals surface area (Å²) in [7, 11) is 0. The van der Waals surface area contributed by atoms with Crippen LogP contribution in [0.1, 0.15) is 31.1 Å². The molecular weight excluding hydrogens is 288 g/mol. The molecule has 0 radical (unpaired) electrons. The summed E-state index contributed by atoms with van der Waals surface area (Å²) in [5.41, 5.74) is 0.416. The highest BCUT2D eigenvalue weighted by Gasteiger charge is 2.27. The van der Waals surface area contributed by atoms with E-state index in [1.54, 1.807) is 24.7 Å². The predicted octanol–water partition coefficient (Wildman–Crippen LogP) is 2.78. The lowest BCUT2D eigenvalue weighted by Gasteiger charge is -2.31. The number of nitrogens with one attached hydrogen (secondary N) is 1. The zero-order valence-corrected chi connectivity index (χ0v) is 13.1.